The molecule has 0 radical (unpaired) electrons. The van der Waals surface area contributed by atoms with Crippen LogP contribution in [-0.4, -0.2) is 18.0 Å². The Hall–Kier alpha value is -3.06. The summed E-state index contributed by atoms with van der Waals surface area (Å²) in [6, 6.07) is 19.1. The van der Waals surface area contributed by atoms with Crippen LogP contribution in [0.5, 0.6) is 5.75 Å². The zero-order valence-electron chi connectivity index (χ0n) is 15.9. The molecule has 0 bridgehead atoms. The number of nitrogens with zero attached hydrogens (tertiary/aromatic N) is 1. The van der Waals surface area contributed by atoms with Crippen molar-refractivity contribution in [3.05, 3.63) is 92.9 Å². The summed E-state index contributed by atoms with van der Waals surface area (Å²) >= 11 is 17.7. The number of anilines is 1. The van der Waals surface area contributed by atoms with Crippen molar-refractivity contribution in [1.82, 2.24) is 5.43 Å². The second-order valence-electron chi connectivity index (χ2n) is 6.24. The van der Waals surface area contributed by atoms with E-state index in [0.717, 1.165) is 5.56 Å². The number of ether oxygens (including phenoxy) is 1. The Morgan fingerprint density at radius 3 is 2.45 bits per heavy atom. The Bertz CT molecular complexity index is 1120. The second-order valence-corrected chi connectivity index (χ2v) is 7.46. The van der Waals surface area contributed by atoms with Crippen LogP contribution in [-0.2, 0) is 16.2 Å². The van der Waals surface area contributed by atoms with Crippen molar-refractivity contribution >= 4 is 58.5 Å². The molecule has 0 fully saturated rings. The van der Waals surface area contributed by atoms with Gasteiger partial charge in [0.05, 0.1) is 21.9 Å². The number of hydrogen-bond donors (Lipinski definition) is 2. The molecule has 158 valence electrons. The highest BCUT2D eigenvalue weighted by atomic mass is 35.5. The minimum Gasteiger partial charge on any atom is -0.489 e. The van der Waals surface area contributed by atoms with Gasteiger partial charge in [-0.1, -0.05) is 65.1 Å². The summed E-state index contributed by atoms with van der Waals surface area (Å²) in [7, 11) is 0. The predicted molar refractivity (Wildman–Crippen MR) is 123 cm³/mol. The fourth-order valence-electron chi connectivity index (χ4n) is 2.43. The Labute approximate surface area is 193 Å². The van der Waals surface area contributed by atoms with Gasteiger partial charge in [-0.25, -0.2) is 5.43 Å². The monoisotopic (exact) mass is 475 g/mol. The lowest BCUT2D eigenvalue weighted by Gasteiger charge is -2.07. The first-order valence-electron chi connectivity index (χ1n) is 8.98. The van der Waals surface area contributed by atoms with E-state index in [1.165, 1.54) is 12.3 Å². The molecule has 9 heteroatoms. The zero-order valence-corrected chi connectivity index (χ0v) is 18.2. The maximum absolute atomic E-state index is 12.0. The van der Waals surface area contributed by atoms with E-state index >= 15 is 0 Å². The van der Waals surface area contributed by atoms with E-state index in [-0.39, 0.29) is 15.7 Å². The number of hydrazone groups is 1. The van der Waals surface area contributed by atoms with Gasteiger partial charge in [0, 0.05) is 5.02 Å². The molecule has 2 N–H and O–H groups in total. The van der Waals surface area contributed by atoms with Gasteiger partial charge in [-0.05, 0) is 47.5 Å². The normalized spacial score (nSPS) is 10.7. The van der Waals surface area contributed by atoms with E-state index in [9.17, 15) is 9.59 Å². The van der Waals surface area contributed by atoms with Crippen molar-refractivity contribution in [2.45, 2.75) is 6.61 Å². The highest BCUT2D eigenvalue weighted by molar-refractivity contribution is 6.45. The van der Waals surface area contributed by atoms with Crippen molar-refractivity contribution in [3.63, 3.8) is 0 Å². The molecule has 0 saturated carbocycles. The van der Waals surface area contributed by atoms with Crippen molar-refractivity contribution < 1.29 is 14.3 Å². The minimum absolute atomic E-state index is 0.143. The third-order valence-electron chi connectivity index (χ3n) is 3.96. The van der Waals surface area contributed by atoms with Gasteiger partial charge in [0.15, 0.2) is 0 Å². The number of rotatable bonds is 6. The van der Waals surface area contributed by atoms with Gasteiger partial charge in [-0.15, -0.1) is 0 Å². The molecule has 0 aliphatic rings. The molecule has 0 unspecified atom stereocenters. The fourth-order valence-corrected chi connectivity index (χ4v) is 2.90. The summed E-state index contributed by atoms with van der Waals surface area (Å²) in [6.07, 6.45) is 1.40. The first-order chi connectivity index (χ1) is 14.9. The third-order valence-corrected chi connectivity index (χ3v) is 5.03. The number of benzene rings is 3. The first kappa shape index (κ1) is 22.6. The van der Waals surface area contributed by atoms with Crippen LogP contribution in [0.15, 0.2) is 71.8 Å². The number of carbonyl (C=O) groups excluding carboxylic acids is 2. The molecule has 0 atom stereocenters. The molecular weight excluding hydrogens is 461 g/mol. The Morgan fingerprint density at radius 2 is 1.68 bits per heavy atom. The van der Waals surface area contributed by atoms with Crippen LogP contribution in [0, 0.1) is 0 Å². The summed E-state index contributed by atoms with van der Waals surface area (Å²) in [5, 5.41) is 7.24. The van der Waals surface area contributed by atoms with Crippen molar-refractivity contribution in [2.75, 3.05) is 5.32 Å². The molecule has 6 nitrogen and oxygen atoms in total. The lowest BCUT2D eigenvalue weighted by atomic mass is 10.2. The van der Waals surface area contributed by atoms with E-state index < -0.39 is 11.8 Å². The molecule has 0 aromatic heterocycles. The molecule has 0 spiro atoms. The van der Waals surface area contributed by atoms with E-state index in [0.29, 0.717) is 22.9 Å². The average Bonchev–Trinajstić information content (AvgIpc) is 2.77. The summed E-state index contributed by atoms with van der Waals surface area (Å²) in [4.78, 5) is 23.9. The molecule has 0 aliphatic carbocycles. The van der Waals surface area contributed by atoms with E-state index in [2.05, 4.69) is 15.8 Å². The van der Waals surface area contributed by atoms with E-state index in [1.54, 1.807) is 48.5 Å². The lowest BCUT2D eigenvalue weighted by Crippen LogP contribution is -2.32. The second kappa shape index (κ2) is 10.8. The highest BCUT2D eigenvalue weighted by Crippen LogP contribution is 2.29. The topological polar surface area (TPSA) is 79.8 Å². The molecular formula is C22H16Cl3N3O3. The van der Waals surface area contributed by atoms with Gasteiger partial charge in [0.1, 0.15) is 12.4 Å². The van der Waals surface area contributed by atoms with Crippen molar-refractivity contribution in [1.29, 1.82) is 0 Å². The van der Waals surface area contributed by atoms with Crippen LogP contribution in [0.4, 0.5) is 5.69 Å². The standard InChI is InChI=1S/C22H16Cl3N3O3/c23-16-9-7-14(8-10-16)13-31-17-4-1-3-15(11-17)12-26-28-22(30)21(29)27-19-6-2-5-18(24)20(19)25/h1-12H,13H2,(H,27,29)(H,28,30). The summed E-state index contributed by atoms with van der Waals surface area (Å²) in [5.41, 5.74) is 4.03. The van der Waals surface area contributed by atoms with Gasteiger partial charge in [-0.2, -0.15) is 5.10 Å². The van der Waals surface area contributed by atoms with Crippen LogP contribution in [0.25, 0.3) is 0 Å². The quantitative estimate of drug-likeness (QED) is 0.287. The van der Waals surface area contributed by atoms with Crippen LogP contribution >= 0.6 is 34.8 Å². The zero-order chi connectivity index (χ0) is 22.2. The molecule has 3 aromatic rings. The van der Waals surface area contributed by atoms with E-state index in [1.807, 2.05) is 12.1 Å². The number of halogens is 3. The van der Waals surface area contributed by atoms with E-state index in [4.69, 9.17) is 39.5 Å². The Morgan fingerprint density at radius 1 is 0.935 bits per heavy atom. The summed E-state index contributed by atoms with van der Waals surface area (Å²) in [6.45, 7) is 0.376. The number of nitrogens with one attached hydrogen (secondary N) is 2. The first-order valence-corrected chi connectivity index (χ1v) is 10.1. The fraction of sp³-hybridized carbons (Fsp3) is 0.0455. The number of hydrogen-bond acceptors (Lipinski definition) is 4. The Kier molecular flexibility index (Phi) is 7.89. The molecule has 0 aliphatic heterocycles. The van der Waals surface area contributed by atoms with Gasteiger partial charge >= 0.3 is 11.8 Å². The average molecular weight is 477 g/mol. The van der Waals surface area contributed by atoms with Crippen molar-refractivity contribution in [3.8, 4) is 5.75 Å². The minimum atomic E-state index is -0.956. The van der Waals surface area contributed by atoms with Gasteiger partial charge in [0.2, 0.25) is 0 Å². The lowest BCUT2D eigenvalue weighted by molar-refractivity contribution is -0.136. The van der Waals surface area contributed by atoms with Gasteiger partial charge in [-0.3, -0.25) is 9.59 Å². The van der Waals surface area contributed by atoms with Gasteiger partial charge < -0.3 is 10.1 Å². The third kappa shape index (κ3) is 6.72. The molecule has 2 amide bonds. The number of amides is 2. The maximum atomic E-state index is 12.0. The molecule has 31 heavy (non-hydrogen) atoms. The van der Waals surface area contributed by atoms with Crippen LogP contribution in [0.1, 0.15) is 11.1 Å². The smallest absolute Gasteiger partial charge is 0.329 e. The molecule has 0 saturated heterocycles. The highest BCUT2D eigenvalue weighted by Gasteiger charge is 2.15. The summed E-state index contributed by atoms with van der Waals surface area (Å²) in [5.74, 6) is -1.26. The maximum Gasteiger partial charge on any atom is 0.329 e. The molecule has 3 rings (SSSR count). The number of carbonyl (C=O) groups is 2. The Balaban J connectivity index is 1.53. The summed E-state index contributed by atoms with van der Waals surface area (Å²) < 4.78 is 5.75. The van der Waals surface area contributed by atoms with Crippen LogP contribution < -0.4 is 15.5 Å². The predicted octanol–water partition coefficient (Wildman–Crippen LogP) is 5.31. The van der Waals surface area contributed by atoms with Crippen molar-refractivity contribution in [2.24, 2.45) is 5.10 Å². The molecule has 0 heterocycles. The molecule has 3 aromatic carbocycles. The van der Waals surface area contributed by atoms with Crippen LogP contribution in [0.2, 0.25) is 15.1 Å². The van der Waals surface area contributed by atoms with Crippen LogP contribution in [0.3, 0.4) is 0 Å². The van der Waals surface area contributed by atoms with Gasteiger partial charge in [0.25, 0.3) is 0 Å². The largest absolute Gasteiger partial charge is 0.489 e. The SMILES string of the molecule is O=C(NN=Cc1cccc(OCc2ccc(Cl)cc2)c1)C(=O)Nc1cccc(Cl)c1Cl.